The molecular formula is C20H30O7. The third kappa shape index (κ3) is 7.86. The Balaban J connectivity index is 2.76. The van der Waals surface area contributed by atoms with Gasteiger partial charge < -0.3 is 24.4 Å². The second kappa shape index (κ2) is 13.0. The number of aromatic hydroxyl groups is 1. The molecule has 0 aliphatic carbocycles. The van der Waals surface area contributed by atoms with Crippen LogP contribution in [0.2, 0.25) is 0 Å². The topological polar surface area (TPSA) is 102 Å². The van der Waals surface area contributed by atoms with Crippen LogP contribution in [0, 0.1) is 0 Å². The van der Waals surface area contributed by atoms with Gasteiger partial charge in [-0.15, -0.1) is 0 Å². The first-order valence-electron chi connectivity index (χ1n) is 9.50. The van der Waals surface area contributed by atoms with Gasteiger partial charge in [-0.2, -0.15) is 0 Å². The van der Waals surface area contributed by atoms with E-state index in [9.17, 15) is 14.7 Å². The molecule has 0 bridgehead atoms. The van der Waals surface area contributed by atoms with Gasteiger partial charge in [0.15, 0.2) is 0 Å². The molecule has 0 aliphatic rings. The molecule has 0 atom stereocenters. The van der Waals surface area contributed by atoms with Gasteiger partial charge in [0.1, 0.15) is 22.6 Å². The van der Waals surface area contributed by atoms with Crippen LogP contribution in [0.15, 0.2) is 12.1 Å². The SMILES string of the molecule is CCOC(=O)c1cc(OCCCCCCCCO)c(C(=O)OCC)cc1O. The Kier molecular flexibility index (Phi) is 10.9. The second-order valence-electron chi connectivity index (χ2n) is 6.00. The smallest absolute Gasteiger partial charge is 0.342 e. The predicted molar refractivity (Wildman–Crippen MR) is 100 cm³/mol. The van der Waals surface area contributed by atoms with E-state index in [0.29, 0.717) is 6.61 Å². The van der Waals surface area contributed by atoms with E-state index in [1.165, 1.54) is 12.1 Å². The highest BCUT2D eigenvalue weighted by Gasteiger charge is 2.21. The van der Waals surface area contributed by atoms with Gasteiger partial charge in [-0.25, -0.2) is 9.59 Å². The van der Waals surface area contributed by atoms with E-state index in [1.54, 1.807) is 13.8 Å². The number of carbonyl (C=O) groups is 2. The van der Waals surface area contributed by atoms with Crippen LogP contribution in [0.1, 0.15) is 73.1 Å². The van der Waals surface area contributed by atoms with E-state index >= 15 is 0 Å². The maximum Gasteiger partial charge on any atom is 0.342 e. The van der Waals surface area contributed by atoms with Crippen LogP contribution in [0.25, 0.3) is 0 Å². The summed E-state index contributed by atoms with van der Waals surface area (Å²) in [6, 6.07) is 2.50. The van der Waals surface area contributed by atoms with Crippen LogP contribution in [0.5, 0.6) is 11.5 Å². The molecular weight excluding hydrogens is 352 g/mol. The number of aliphatic hydroxyl groups is 1. The van der Waals surface area contributed by atoms with Gasteiger partial charge in [-0.1, -0.05) is 25.7 Å². The zero-order valence-corrected chi connectivity index (χ0v) is 16.2. The van der Waals surface area contributed by atoms with Gasteiger partial charge in [0.05, 0.1) is 19.8 Å². The highest BCUT2D eigenvalue weighted by Crippen LogP contribution is 2.30. The van der Waals surface area contributed by atoms with Crippen LogP contribution in [-0.2, 0) is 9.47 Å². The molecule has 1 rings (SSSR count). The number of unbranched alkanes of at least 4 members (excludes halogenated alkanes) is 5. The van der Waals surface area contributed by atoms with Crippen LogP contribution >= 0.6 is 0 Å². The van der Waals surface area contributed by atoms with Crippen LogP contribution in [0.3, 0.4) is 0 Å². The van der Waals surface area contributed by atoms with Crippen molar-refractivity contribution >= 4 is 11.9 Å². The van der Waals surface area contributed by atoms with Crippen molar-refractivity contribution in [1.29, 1.82) is 0 Å². The molecule has 0 saturated carbocycles. The Morgan fingerprint density at radius 2 is 1.41 bits per heavy atom. The first-order valence-corrected chi connectivity index (χ1v) is 9.50. The molecule has 7 nitrogen and oxygen atoms in total. The minimum absolute atomic E-state index is 0.0519. The van der Waals surface area contributed by atoms with E-state index in [0.717, 1.165) is 38.5 Å². The molecule has 0 radical (unpaired) electrons. The summed E-state index contributed by atoms with van der Waals surface area (Å²) in [5.74, 6) is -1.47. The molecule has 7 heteroatoms. The molecule has 1 aromatic carbocycles. The molecule has 0 fully saturated rings. The average molecular weight is 382 g/mol. The van der Waals surface area contributed by atoms with Gasteiger partial charge in [-0.3, -0.25) is 0 Å². The average Bonchev–Trinajstić information content (AvgIpc) is 2.64. The summed E-state index contributed by atoms with van der Waals surface area (Å²) in [7, 11) is 0. The third-order valence-corrected chi connectivity index (χ3v) is 3.90. The Hall–Kier alpha value is -2.28. The van der Waals surface area contributed by atoms with E-state index in [4.69, 9.17) is 19.3 Å². The predicted octanol–water partition coefficient (Wildman–Crippen LogP) is 3.46. The molecule has 27 heavy (non-hydrogen) atoms. The van der Waals surface area contributed by atoms with Crippen molar-refractivity contribution in [2.24, 2.45) is 0 Å². The number of benzene rings is 1. The quantitative estimate of drug-likeness (QED) is 0.398. The largest absolute Gasteiger partial charge is 0.507 e. The molecule has 0 saturated heterocycles. The fraction of sp³-hybridized carbons (Fsp3) is 0.600. The van der Waals surface area contributed by atoms with Gasteiger partial charge in [-0.05, 0) is 38.8 Å². The molecule has 0 amide bonds. The number of hydrogen-bond donors (Lipinski definition) is 2. The lowest BCUT2D eigenvalue weighted by Crippen LogP contribution is -2.11. The van der Waals surface area contributed by atoms with Crippen LogP contribution in [-0.4, -0.2) is 48.6 Å². The Bertz CT molecular complexity index is 598. The fourth-order valence-corrected chi connectivity index (χ4v) is 2.53. The number of esters is 2. The van der Waals surface area contributed by atoms with Crippen molar-refractivity contribution in [3.8, 4) is 11.5 Å². The second-order valence-corrected chi connectivity index (χ2v) is 6.00. The van der Waals surface area contributed by atoms with Crippen molar-refractivity contribution in [1.82, 2.24) is 0 Å². The van der Waals surface area contributed by atoms with E-state index in [2.05, 4.69) is 0 Å². The van der Waals surface area contributed by atoms with Gasteiger partial charge in [0.25, 0.3) is 0 Å². The zero-order valence-electron chi connectivity index (χ0n) is 16.2. The maximum absolute atomic E-state index is 12.1. The Morgan fingerprint density at radius 3 is 2.00 bits per heavy atom. The number of phenols is 1. The lowest BCUT2D eigenvalue weighted by Gasteiger charge is -2.14. The number of aliphatic hydroxyl groups excluding tert-OH is 1. The molecule has 152 valence electrons. The van der Waals surface area contributed by atoms with E-state index < -0.39 is 11.9 Å². The highest BCUT2D eigenvalue weighted by atomic mass is 16.5. The normalized spacial score (nSPS) is 10.5. The summed E-state index contributed by atoms with van der Waals surface area (Å²) in [5.41, 5.74) is 0.0225. The molecule has 0 unspecified atom stereocenters. The minimum atomic E-state index is -0.681. The summed E-state index contributed by atoms with van der Waals surface area (Å²) < 4.78 is 15.6. The molecule has 2 N–H and O–H groups in total. The van der Waals surface area contributed by atoms with Crippen molar-refractivity contribution in [3.05, 3.63) is 23.3 Å². The number of hydrogen-bond acceptors (Lipinski definition) is 7. The lowest BCUT2D eigenvalue weighted by atomic mass is 10.1. The first kappa shape index (κ1) is 22.8. The van der Waals surface area contributed by atoms with Crippen molar-refractivity contribution in [3.63, 3.8) is 0 Å². The first-order chi connectivity index (χ1) is 13.0. The summed E-state index contributed by atoms with van der Waals surface area (Å²) in [4.78, 5) is 24.1. The third-order valence-electron chi connectivity index (χ3n) is 3.90. The highest BCUT2D eigenvalue weighted by molar-refractivity contribution is 5.98. The number of ether oxygens (including phenoxy) is 3. The van der Waals surface area contributed by atoms with E-state index in [-0.39, 0.29) is 42.4 Å². The molecule has 0 aromatic heterocycles. The monoisotopic (exact) mass is 382 g/mol. The summed E-state index contributed by atoms with van der Waals surface area (Å²) in [6.45, 7) is 4.31. The molecule has 0 heterocycles. The minimum Gasteiger partial charge on any atom is -0.507 e. The summed E-state index contributed by atoms with van der Waals surface area (Å²) in [6.07, 6.45) is 5.67. The number of carbonyl (C=O) groups excluding carboxylic acids is 2. The molecule has 0 spiro atoms. The molecule has 0 aliphatic heterocycles. The van der Waals surface area contributed by atoms with E-state index in [1.807, 2.05) is 0 Å². The van der Waals surface area contributed by atoms with Crippen molar-refractivity contribution in [2.75, 3.05) is 26.4 Å². The van der Waals surface area contributed by atoms with Gasteiger partial charge >= 0.3 is 11.9 Å². The van der Waals surface area contributed by atoms with Crippen LogP contribution < -0.4 is 4.74 Å². The number of rotatable bonds is 13. The summed E-state index contributed by atoms with van der Waals surface area (Å²) >= 11 is 0. The summed E-state index contributed by atoms with van der Waals surface area (Å²) in [5, 5.41) is 18.8. The Morgan fingerprint density at radius 1 is 0.852 bits per heavy atom. The zero-order chi connectivity index (χ0) is 20.1. The fourth-order valence-electron chi connectivity index (χ4n) is 2.53. The molecule has 1 aromatic rings. The lowest BCUT2D eigenvalue weighted by molar-refractivity contribution is 0.0504. The van der Waals surface area contributed by atoms with Gasteiger partial charge in [0, 0.05) is 6.61 Å². The van der Waals surface area contributed by atoms with Crippen LogP contribution in [0.4, 0.5) is 0 Å². The maximum atomic E-state index is 12.1. The van der Waals surface area contributed by atoms with Crippen molar-refractivity contribution in [2.45, 2.75) is 52.4 Å². The standard InChI is InChI=1S/C20H30O7/c1-3-25-19(23)15-14-18(16(13-17(15)22)20(24)26-4-2)27-12-10-8-6-5-7-9-11-21/h13-14,21-22H,3-12H2,1-2H3. The van der Waals surface area contributed by atoms with Crippen molar-refractivity contribution < 1.29 is 34.0 Å². The number of phenolic OH excluding ortho intramolecular Hbond substituents is 1. The Labute approximate surface area is 160 Å². The van der Waals surface area contributed by atoms with Gasteiger partial charge in [0.2, 0.25) is 0 Å².